The molecule has 1 aliphatic heterocycles. The number of nitrogens with one attached hydrogen (secondary N) is 1. The Morgan fingerprint density at radius 2 is 2.39 bits per heavy atom. The van der Waals surface area contributed by atoms with Gasteiger partial charge in [0.25, 0.3) is 0 Å². The zero-order valence-electron chi connectivity index (χ0n) is 10.6. The molecule has 0 saturated carbocycles. The molecule has 5 nitrogen and oxygen atoms in total. The molecule has 98 valence electrons. The maximum absolute atomic E-state index is 11.1. The molecule has 1 saturated heterocycles. The van der Waals surface area contributed by atoms with Crippen molar-refractivity contribution in [1.29, 1.82) is 0 Å². The molecule has 5 heteroatoms. The van der Waals surface area contributed by atoms with Crippen LogP contribution in [0.15, 0.2) is 12.1 Å². The second-order valence-corrected chi connectivity index (χ2v) is 4.66. The number of aromatic carboxylic acids is 1. The summed E-state index contributed by atoms with van der Waals surface area (Å²) < 4.78 is 5.48. The Bertz CT molecular complexity index is 448. The van der Waals surface area contributed by atoms with Crippen molar-refractivity contribution >= 4 is 11.8 Å². The van der Waals surface area contributed by atoms with Gasteiger partial charge in [0, 0.05) is 24.8 Å². The highest BCUT2D eigenvalue weighted by Crippen LogP contribution is 2.21. The van der Waals surface area contributed by atoms with Crippen LogP contribution >= 0.6 is 0 Å². The minimum absolute atomic E-state index is 0.215. The van der Waals surface area contributed by atoms with Gasteiger partial charge in [0.05, 0.1) is 6.10 Å². The Morgan fingerprint density at radius 3 is 3.00 bits per heavy atom. The molecular weight excluding hydrogens is 232 g/mol. The minimum atomic E-state index is -0.958. The van der Waals surface area contributed by atoms with Crippen LogP contribution in [0.2, 0.25) is 0 Å². The van der Waals surface area contributed by atoms with Gasteiger partial charge in [-0.3, -0.25) is 0 Å². The van der Waals surface area contributed by atoms with Gasteiger partial charge in [0.2, 0.25) is 0 Å². The van der Waals surface area contributed by atoms with E-state index in [1.54, 1.807) is 12.1 Å². The highest BCUT2D eigenvalue weighted by Gasteiger charge is 2.24. The van der Waals surface area contributed by atoms with Crippen molar-refractivity contribution in [3.8, 4) is 0 Å². The third-order valence-electron chi connectivity index (χ3n) is 3.33. The van der Waals surface area contributed by atoms with Crippen LogP contribution in [0.5, 0.6) is 0 Å². The van der Waals surface area contributed by atoms with E-state index in [1.165, 1.54) is 0 Å². The molecule has 18 heavy (non-hydrogen) atoms. The Labute approximate surface area is 106 Å². The third-order valence-corrected chi connectivity index (χ3v) is 3.33. The third kappa shape index (κ3) is 2.79. The van der Waals surface area contributed by atoms with Crippen LogP contribution < -0.4 is 5.32 Å². The zero-order valence-corrected chi connectivity index (χ0v) is 10.6. The molecule has 2 unspecified atom stereocenters. The van der Waals surface area contributed by atoms with Gasteiger partial charge in [-0.1, -0.05) is 0 Å². The van der Waals surface area contributed by atoms with Gasteiger partial charge >= 0.3 is 5.97 Å². The lowest BCUT2D eigenvalue weighted by Gasteiger charge is -2.16. The van der Waals surface area contributed by atoms with Gasteiger partial charge in [0.1, 0.15) is 11.4 Å². The van der Waals surface area contributed by atoms with Crippen molar-refractivity contribution in [2.75, 3.05) is 18.5 Å². The van der Waals surface area contributed by atoms with E-state index >= 15 is 0 Å². The SMILES string of the molecule is Cc1ccc(C(=O)O)c(NCC2CCOC2C)n1. The maximum Gasteiger partial charge on any atom is 0.339 e. The molecule has 0 aliphatic carbocycles. The van der Waals surface area contributed by atoms with Gasteiger partial charge < -0.3 is 15.2 Å². The average molecular weight is 250 g/mol. The zero-order chi connectivity index (χ0) is 13.1. The molecule has 2 atom stereocenters. The van der Waals surface area contributed by atoms with E-state index in [1.807, 2.05) is 13.8 Å². The van der Waals surface area contributed by atoms with Crippen molar-refractivity contribution in [1.82, 2.24) is 4.98 Å². The standard InChI is InChI=1S/C13H18N2O3/c1-8-3-4-11(13(16)17)12(15-8)14-7-10-5-6-18-9(10)2/h3-4,9-10H,5-7H2,1-2H3,(H,14,15)(H,16,17). The summed E-state index contributed by atoms with van der Waals surface area (Å²) in [6, 6.07) is 3.29. The number of nitrogens with zero attached hydrogens (tertiary/aromatic N) is 1. The smallest absolute Gasteiger partial charge is 0.339 e. The van der Waals surface area contributed by atoms with E-state index in [2.05, 4.69) is 10.3 Å². The Kier molecular flexibility index (Phi) is 3.81. The van der Waals surface area contributed by atoms with Crippen LogP contribution in [0.3, 0.4) is 0 Å². The molecule has 0 radical (unpaired) electrons. The van der Waals surface area contributed by atoms with Gasteiger partial charge in [-0.05, 0) is 32.4 Å². The molecule has 1 aromatic heterocycles. The molecular formula is C13H18N2O3. The van der Waals surface area contributed by atoms with E-state index in [0.29, 0.717) is 18.3 Å². The van der Waals surface area contributed by atoms with Crippen LogP contribution in [-0.4, -0.2) is 35.3 Å². The molecule has 0 aromatic carbocycles. The number of hydrogen-bond donors (Lipinski definition) is 2. The summed E-state index contributed by atoms with van der Waals surface area (Å²) in [5.74, 6) is -0.101. The molecule has 2 heterocycles. The predicted molar refractivity (Wildman–Crippen MR) is 67.9 cm³/mol. The summed E-state index contributed by atoms with van der Waals surface area (Å²) in [6.45, 7) is 5.36. The van der Waals surface area contributed by atoms with Crippen LogP contribution in [0.4, 0.5) is 5.82 Å². The van der Waals surface area contributed by atoms with E-state index in [0.717, 1.165) is 18.7 Å². The molecule has 0 spiro atoms. The first-order valence-electron chi connectivity index (χ1n) is 6.14. The largest absolute Gasteiger partial charge is 0.478 e. The lowest BCUT2D eigenvalue weighted by atomic mass is 10.0. The fourth-order valence-corrected chi connectivity index (χ4v) is 2.14. The first-order valence-corrected chi connectivity index (χ1v) is 6.14. The lowest BCUT2D eigenvalue weighted by molar-refractivity contribution is 0.0697. The van der Waals surface area contributed by atoms with Crippen LogP contribution in [0.1, 0.15) is 29.4 Å². The molecule has 0 bridgehead atoms. The first-order chi connectivity index (χ1) is 8.58. The summed E-state index contributed by atoms with van der Waals surface area (Å²) in [7, 11) is 0. The van der Waals surface area contributed by atoms with Crippen molar-refractivity contribution in [3.63, 3.8) is 0 Å². The summed E-state index contributed by atoms with van der Waals surface area (Å²) in [4.78, 5) is 15.3. The Hall–Kier alpha value is -1.62. The fraction of sp³-hybridized carbons (Fsp3) is 0.538. The Balaban J connectivity index is 2.08. The number of carbonyl (C=O) groups is 1. The maximum atomic E-state index is 11.1. The van der Waals surface area contributed by atoms with Crippen LogP contribution in [-0.2, 0) is 4.74 Å². The minimum Gasteiger partial charge on any atom is -0.478 e. The monoisotopic (exact) mass is 250 g/mol. The molecule has 2 rings (SSSR count). The van der Waals surface area contributed by atoms with Gasteiger partial charge in [-0.2, -0.15) is 0 Å². The topological polar surface area (TPSA) is 71.5 Å². The van der Waals surface area contributed by atoms with Gasteiger partial charge in [-0.25, -0.2) is 9.78 Å². The molecule has 1 fully saturated rings. The molecule has 1 aromatic rings. The van der Waals surface area contributed by atoms with E-state index in [4.69, 9.17) is 9.84 Å². The quantitative estimate of drug-likeness (QED) is 0.854. The summed E-state index contributed by atoms with van der Waals surface area (Å²) >= 11 is 0. The molecule has 0 amide bonds. The van der Waals surface area contributed by atoms with Crippen LogP contribution in [0.25, 0.3) is 0 Å². The number of hydrogen-bond acceptors (Lipinski definition) is 4. The second-order valence-electron chi connectivity index (χ2n) is 4.66. The molecule has 2 N–H and O–H groups in total. The Morgan fingerprint density at radius 1 is 1.61 bits per heavy atom. The lowest BCUT2D eigenvalue weighted by Crippen LogP contribution is -2.22. The fourth-order valence-electron chi connectivity index (χ4n) is 2.14. The number of aromatic nitrogens is 1. The molecule has 1 aliphatic rings. The van der Waals surface area contributed by atoms with Crippen molar-refractivity contribution < 1.29 is 14.6 Å². The first kappa shape index (κ1) is 12.8. The highest BCUT2D eigenvalue weighted by molar-refractivity contribution is 5.93. The van der Waals surface area contributed by atoms with E-state index < -0.39 is 5.97 Å². The van der Waals surface area contributed by atoms with E-state index in [-0.39, 0.29) is 11.7 Å². The number of rotatable bonds is 4. The second kappa shape index (κ2) is 5.35. The van der Waals surface area contributed by atoms with Gasteiger partial charge in [-0.15, -0.1) is 0 Å². The number of aryl methyl sites for hydroxylation is 1. The van der Waals surface area contributed by atoms with Crippen LogP contribution in [0, 0.1) is 12.8 Å². The van der Waals surface area contributed by atoms with Crippen molar-refractivity contribution in [3.05, 3.63) is 23.4 Å². The highest BCUT2D eigenvalue weighted by atomic mass is 16.5. The normalized spacial score (nSPS) is 23.0. The average Bonchev–Trinajstić information content (AvgIpc) is 2.72. The van der Waals surface area contributed by atoms with E-state index in [9.17, 15) is 4.79 Å². The number of anilines is 1. The number of carboxylic acids is 1. The summed E-state index contributed by atoms with van der Waals surface area (Å²) in [5.41, 5.74) is 1.02. The number of carboxylic acid groups (broad SMARTS) is 1. The van der Waals surface area contributed by atoms with Crippen molar-refractivity contribution in [2.45, 2.75) is 26.4 Å². The predicted octanol–water partition coefficient (Wildman–Crippen LogP) is 1.93. The number of pyridine rings is 1. The number of ether oxygens (including phenoxy) is 1. The summed E-state index contributed by atoms with van der Waals surface area (Å²) in [6.07, 6.45) is 1.22. The summed E-state index contributed by atoms with van der Waals surface area (Å²) in [5, 5.41) is 12.2. The van der Waals surface area contributed by atoms with Crippen molar-refractivity contribution in [2.24, 2.45) is 5.92 Å². The van der Waals surface area contributed by atoms with Gasteiger partial charge in [0.15, 0.2) is 0 Å².